The standard InChI is InChI=1S/C10H17NO2/c1-8(2)3-4-11-6-9(7-11)5-10(12)13/h3,9H,4-7H2,1-2H3,(H,12,13). The van der Waals surface area contributed by atoms with Crippen LogP contribution >= 0.6 is 0 Å². The van der Waals surface area contributed by atoms with Crippen LogP contribution in [0.2, 0.25) is 0 Å². The summed E-state index contributed by atoms with van der Waals surface area (Å²) >= 11 is 0. The van der Waals surface area contributed by atoms with Gasteiger partial charge in [0.05, 0.1) is 6.42 Å². The number of nitrogens with zero attached hydrogens (tertiary/aromatic N) is 1. The molecule has 1 rings (SSSR count). The number of hydrogen-bond acceptors (Lipinski definition) is 2. The van der Waals surface area contributed by atoms with Gasteiger partial charge in [-0.2, -0.15) is 0 Å². The van der Waals surface area contributed by atoms with E-state index in [2.05, 4.69) is 24.8 Å². The quantitative estimate of drug-likeness (QED) is 0.669. The van der Waals surface area contributed by atoms with Gasteiger partial charge < -0.3 is 5.11 Å². The maximum absolute atomic E-state index is 10.3. The Hall–Kier alpha value is -0.830. The fourth-order valence-electron chi connectivity index (χ4n) is 1.51. The summed E-state index contributed by atoms with van der Waals surface area (Å²) in [4.78, 5) is 12.6. The Morgan fingerprint density at radius 2 is 2.15 bits per heavy atom. The third-order valence-corrected chi connectivity index (χ3v) is 2.25. The molecule has 1 aliphatic heterocycles. The number of carboxylic acid groups (broad SMARTS) is 1. The molecule has 1 aliphatic rings. The van der Waals surface area contributed by atoms with E-state index < -0.39 is 5.97 Å². The molecule has 0 unspecified atom stereocenters. The van der Waals surface area contributed by atoms with Gasteiger partial charge in [0, 0.05) is 19.6 Å². The Morgan fingerprint density at radius 3 is 2.62 bits per heavy atom. The minimum absolute atomic E-state index is 0.325. The van der Waals surface area contributed by atoms with Crippen molar-refractivity contribution in [3.63, 3.8) is 0 Å². The predicted octanol–water partition coefficient (Wildman–Crippen LogP) is 1.36. The lowest BCUT2D eigenvalue weighted by Gasteiger charge is -2.37. The zero-order chi connectivity index (χ0) is 9.84. The molecule has 3 heteroatoms. The highest BCUT2D eigenvalue weighted by molar-refractivity contribution is 5.67. The molecular formula is C10H17NO2. The van der Waals surface area contributed by atoms with Crippen LogP contribution in [-0.2, 0) is 4.79 Å². The van der Waals surface area contributed by atoms with E-state index in [4.69, 9.17) is 5.11 Å². The summed E-state index contributed by atoms with van der Waals surface area (Å²) < 4.78 is 0. The highest BCUT2D eigenvalue weighted by Crippen LogP contribution is 2.18. The number of allylic oxidation sites excluding steroid dienone is 1. The van der Waals surface area contributed by atoms with Crippen molar-refractivity contribution in [3.8, 4) is 0 Å². The summed E-state index contributed by atoms with van der Waals surface area (Å²) in [6.45, 7) is 7.01. The van der Waals surface area contributed by atoms with Crippen LogP contribution in [0.15, 0.2) is 11.6 Å². The molecule has 0 spiro atoms. The van der Waals surface area contributed by atoms with Crippen molar-refractivity contribution < 1.29 is 9.90 Å². The Bertz CT molecular complexity index is 213. The summed E-state index contributed by atoms with van der Waals surface area (Å²) in [6.07, 6.45) is 2.50. The van der Waals surface area contributed by atoms with Gasteiger partial charge in [-0.15, -0.1) is 0 Å². The molecule has 0 aromatic carbocycles. The van der Waals surface area contributed by atoms with Crippen molar-refractivity contribution in [2.75, 3.05) is 19.6 Å². The van der Waals surface area contributed by atoms with Crippen molar-refractivity contribution >= 4 is 5.97 Å². The van der Waals surface area contributed by atoms with Gasteiger partial charge in [0.15, 0.2) is 0 Å². The maximum atomic E-state index is 10.3. The molecule has 0 aromatic heterocycles. The summed E-state index contributed by atoms with van der Waals surface area (Å²) in [6, 6.07) is 0. The lowest BCUT2D eigenvalue weighted by molar-refractivity contribution is -0.139. The second-order valence-electron chi connectivity index (χ2n) is 3.96. The van der Waals surface area contributed by atoms with Crippen LogP contribution in [0.3, 0.4) is 0 Å². The molecule has 0 aliphatic carbocycles. The van der Waals surface area contributed by atoms with E-state index >= 15 is 0 Å². The third kappa shape index (κ3) is 3.59. The largest absolute Gasteiger partial charge is 0.481 e. The van der Waals surface area contributed by atoms with E-state index in [9.17, 15) is 4.79 Å². The number of hydrogen-bond donors (Lipinski definition) is 1. The first-order valence-electron chi connectivity index (χ1n) is 4.65. The lowest BCUT2D eigenvalue weighted by Crippen LogP contribution is -2.47. The van der Waals surface area contributed by atoms with Crippen molar-refractivity contribution in [1.82, 2.24) is 4.90 Å². The van der Waals surface area contributed by atoms with E-state index in [1.807, 2.05) is 0 Å². The molecule has 0 radical (unpaired) electrons. The van der Waals surface area contributed by atoms with Crippen LogP contribution in [0.25, 0.3) is 0 Å². The highest BCUT2D eigenvalue weighted by Gasteiger charge is 2.27. The van der Waals surface area contributed by atoms with Gasteiger partial charge in [-0.25, -0.2) is 0 Å². The summed E-state index contributed by atoms with van der Waals surface area (Å²) in [5.41, 5.74) is 1.32. The first kappa shape index (κ1) is 10.3. The smallest absolute Gasteiger partial charge is 0.303 e. The van der Waals surface area contributed by atoms with Crippen LogP contribution in [0.1, 0.15) is 20.3 Å². The number of carboxylic acids is 1. The predicted molar refractivity (Wildman–Crippen MR) is 51.6 cm³/mol. The first-order valence-corrected chi connectivity index (χ1v) is 4.65. The molecule has 3 nitrogen and oxygen atoms in total. The fraction of sp³-hybridized carbons (Fsp3) is 0.700. The van der Waals surface area contributed by atoms with Crippen molar-refractivity contribution in [2.45, 2.75) is 20.3 Å². The molecule has 1 saturated heterocycles. The van der Waals surface area contributed by atoms with Gasteiger partial charge in [-0.3, -0.25) is 9.69 Å². The molecule has 0 amide bonds. The summed E-state index contributed by atoms with van der Waals surface area (Å²) in [5, 5.41) is 8.52. The molecule has 0 saturated carbocycles. The first-order chi connectivity index (χ1) is 6.08. The highest BCUT2D eigenvalue weighted by atomic mass is 16.4. The molecule has 13 heavy (non-hydrogen) atoms. The van der Waals surface area contributed by atoms with Gasteiger partial charge in [-0.05, 0) is 19.8 Å². The lowest BCUT2D eigenvalue weighted by atomic mass is 9.96. The number of carbonyl (C=O) groups is 1. The topological polar surface area (TPSA) is 40.5 Å². The normalized spacial score (nSPS) is 18.0. The van der Waals surface area contributed by atoms with Crippen LogP contribution in [-0.4, -0.2) is 35.6 Å². The molecule has 74 valence electrons. The summed E-state index contributed by atoms with van der Waals surface area (Å²) in [7, 11) is 0. The third-order valence-electron chi connectivity index (χ3n) is 2.25. The van der Waals surface area contributed by atoms with Crippen LogP contribution < -0.4 is 0 Å². The fourth-order valence-corrected chi connectivity index (χ4v) is 1.51. The Morgan fingerprint density at radius 1 is 1.54 bits per heavy atom. The Labute approximate surface area is 79.0 Å². The van der Waals surface area contributed by atoms with E-state index in [1.54, 1.807) is 0 Å². The average molecular weight is 183 g/mol. The van der Waals surface area contributed by atoms with Crippen LogP contribution in [0.5, 0.6) is 0 Å². The monoisotopic (exact) mass is 183 g/mol. The molecular weight excluding hydrogens is 166 g/mol. The number of likely N-dealkylation sites (tertiary alicyclic amines) is 1. The minimum Gasteiger partial charge on any atom is -0.481 e. The van der Waals surface area contributed by atoms with E-state index in [0.29, 0.717) is 12.3 Å². The zero-order valence-corrected chi connectivity index (χ0v) is 8.29. The second kappa shape index (κ2) is 4.42. The maximum Gasteiger partial charge on any atom is 0.303 e. The Kier molecular flexibility index (Phi) is 3.48. The molecule has 1 heterocycles. The summed E-state index contributed by atoms with van der Waals surface area (Å²) in [5.74, 6) is -0.296. The number of aliphatic carboxylic acids is 1. The second-order valence-corrected chi connectivity index (χ2v) is 3.96. The van der Waals surface area contributed by atoms with Gasteiger partial charge in [0.2, 0.25) is 0 Å². The van der Waals surface area contributed by atoms with Crippen LogP contribution in [0.4, 0.5) is 0 Å². The van der Waals surface area contributed by atoms with Gasteiger partial charge in [-0.1, -0.05) is 11.6 Å². The molecule has 1 N–H and O–H groups in total. The SMILES string of the molecule is CC(C)=CCN1CC(CC(=O)O)C1. The van der Waals surface area contributed by atoms with Crippen molar-refractivity contribution in [3.05, 3.63) is 11.6 Å². The zero-order valence-electron chi connectivity index (χ0n) is 8.29. The molecule has 0 aromatic rings. The van der Waals surface area contributed by atoms with Gasteiger partial charge in [0.25, 0.3) is 0 Å². The van der Waals surface area contributed by atoms with Gasteiger partial charge in [0.1, 0.15) is 0 Å². The van der Waals surface area contributed by atoms with E-state index in [-0.39, 0.29) is 0 Å². The minimum atomic E-state index is -0.674. The average Bonchev–Trinajstić information content (AvgIpc) is 1.92. The number of rotatable bonds is 4. The van der Waals surface area contributed by atoms with E-state index in [1.165, 1.54) is 5.57 Å². The molecule has 0 bridgehead atoms. The van der Waals surface area contributed by atoms with Crippen molar-refractivity contribution in [1.29, 1.82) is 0 Å². The van der Waals surface area contributed by atoms with E-state index in [0.717, 1.165) is 19.6 Å². The van der Waals surface area contributed by atoms with Crippen molar-refractivity contribution in [2.24, 2.45) is 5.92 Å². The Balaban J connectivity index is 2.12. The van der Waals surface area contributed by atoms with Gasteiger partial charge >= 0.3 is 5.97 Å². The van der Waals surface area contributed by atoms with Crippen LogP contribution in [0, 0.1) is 5.92 Å². The molecule has 0 atom stereocenters. The molecule has 1 fully saturated rings.